The Labute approximate surface area is 181 Å². The smallest absolute Gasteiger partial charge is 0.407 e. The second-order valence-corrected chi connectivity index (χ2v) is 6.58. The van der Waals surface area contributed by atoms with Crippen molar-refractivity contribution in [3.63, 3.8) is 0 Å². The first kappa shape index (κ1) is 26.1. The van der Waals surface area contributed by atoms with Crippen LogP contribution in [0.3, 0.4) is 0 Å². The number of hydrogen-bond donors (Lipinski definition) is 3. The van der Waals surface area contributed by atoms with Crippen molar-refractivity contribution in [3.8, 4) is 5.75 Å². The van der Waals surface area contributed by atoms with Gasteiger partial charge < -0.3 is 25.4 Å². The molecule has 0 aromatic heterocycles. The molecule has 1 aromatic rings. The van der Waals surface area contributed by atoms with Crippen LogP contribution in [0.2, 0.25) is 0 Å². The van der Waals surface area contributed by atoms with Gasteiger partial charge in [0.15, 0.2) is 5.96 Å². The van der Waals surface area contributed by atoms with Crippen LogP contribution in [0.1, 0.15) is 33.3 Å². The molecule has 1 rings (SSSR count). The quantitative estimate of drug-likeness (QED) is 0.214. The van der Waals surface area contributed by atoms with E-state index in [1.165, 1.54) is 12.1 Å². The lowest BCUT2D eigenvalue weighted by Gasteiger charge is -2.19. The Balaban J connectivity index is 0.00000729. The van der Waals surface area contributed by atoms with E-state index in [1.807, 2.05) is 6.92 Å². The molecule has 1 aromatic carbocycles. The molecule has 160 valence electrons. The van der Waals surface area contributed by atoms with E-state index in [4.69, 9.17) is 4.74 Å². The number of alkyl halides is 2. The van der Waals surface area contributed by atoms with Gasteiger partial charge in [-0.15, -0.1) is 24.0 Å². The van der Waals surface area contributed by atoms with Crippen molar-refractivity contribution in [1.29, 1.82) is 0 Å². The highest BCUT2D eigenvalue weighted by Crippen LogP contribution is 2.16. The number of hydrogen-bond acceptors (Lipinski definition) is 4. The molecule has 28 heavy (non-hydrogen) atoms. The number of rotatable bonds is 8. The molecule has 0 saturated carbocycles. The van der Waals surface area contributed by atoms with Crippen molar-refractivity contribution >= 4 is 36.0 Å². The number of halogens is 3. The minimum Gasteiger partial charge on any atom is -0.444 e. The number of amides is 1. The number of carbonyl (C=O) groups excluding carboxylic acids is 1. The van der Waals surface area contributed by atoms with E-state index in [-0.39, 0.29) is 36.3 Å². The summed E-state index contributed by atoms with van der Waals surface area (Å²) >= 11 is 0. The normalized spacial score (nSPS) is 11.5. The Morgan fingerprint density at radius 3 is 2.46 bits per heavy atom. The van der Waals surface area contributed by atoms with Gasteiger partial charge in [0, 0.05) is 19.6 Å². The van der Waals surface area contributed by atoms with Gasteiger partial charge in [-0.1, -0.05) is 12.1 Å². The zero-order valence-corrected chi connectivity index (χ0v) is 18.9. The summed E-state index contributed by atoms with van der Waals surface area (Å²) in [6.45, 7) is 6.19. The van der Waals surface area contributed by atoms with E-state index in [0.29, 0.717) is 25.6 Å². The molecule has 0 radical (unpaired) electrons. The average Bonchev–Trinajstić information content (AvgIpc) is 2.54. The summed E-state index contributed by atoms with van der Waals surface area (Å²) < 4.78 is 34.1. The molecule has 10 heteroatoms. The van der Waals surface area contributed by atoms with Crippen molar-refractivity contribution in [2.75, 3.05) is 19.6 Å². The third kappa shape index (κ3) is 12.5. The second kappa shape index (κ2) is 13.3. The van der Waals surface area contributed by atoms with E-state index in [9.17, 15) is 13.6 Å². The molecule has 0 saturated heterocycles. The lowest BCUT2D eigenvalue weighted by atomic mass is 10.2. The van der Waals surface area contributed by atoms with Crippen molar-refractivity contribution in [2.45, 2.75) is 46.5 Å². The summed E-state index contributed by atoms with van der Waals surface area (Å²) in [6, 6.07) is 6.39. The fourth-order valence-corrected chi connectivity index (χ4v) is 1.99. The van der Waals surface area contributed by atoms with Crippen LogP contribution in [0, 0.1) is 0 Å². The van der Waals surface area contributed by atoms with Gasteiger partial charge in [0.1, 0.15) is 11.4 Å². The number of alkyl carbamates (subject to hydrolysis) is 1. The number of nitrogens with one attached hydrogen (secondary N) is 3. The molecule has 0 bridgehead atoms. The summed E-state index contributed by atoms with van der Waals surface area (Å²) in [5, 5.41) is 8.79. The van der Waals surface area contributed by atoms with Crippen LogP contribution in [0.4, 0.5) is 13.6 Å². The highest BCUT2D eigenvalue weighted by molar-refractivity contribution is 14.0. The molecule has 0 heterocycles. The third-order valence-electron chi connectivity index (χ3n) is 2.97. The van der Waals surface area contributed by atoms with Gasteiger partial charge in [0.25, 0.3) is 0 Å². The lowest BCUT2D eigenvalue weighted by Crippen LogP contribution is -2.42. The van der Waals surface area contributed by atoms with Crippen molar-refractivity contribution in [2.24, 2.45) is 4.99 Å². The number of guanidine groups is 1. The number of ether oxygens (including phenoxy) is 2. The highest BCUT2D eigenvalue weighted by Gasteiger charge is 2.15. The Bertz CT molecular complexity index is 625. The zero-order chi connectivity index (χ0) is 20.3. The maximum atomic E-state index is 12.3. The minimum atomic E-state index is -2.86. The predicted octanol–water partition coefficient (Wildman–Crippen LogP) is 3.49. The summed E-state index contributed by atoms with van der Waals surface area (Å²) in [4.78, 5) is 16.0. The molecule has 7 nitrogen and oxygen atoms in total. The molecular formula is C18H29F2IN4O3. The SMILES string of the molecule is CCNC(=NCc1cccc(OC(F)F)c1)NCCNC(=O)OC(C)(C)C.I. The van der Waals surface area contributed by atoms with Gasteiger partial charge in [-0.25, -0.2) is 9.79 Å². The number of nitrogens with zero attached hydrogens (tertiary/aromatic N) is 1. The molecule has 0 unspecified atom stereocenters. The van der Waals surface area contributed by atoms with Gasteiger partial charge in [-0.3, -0.25) is 0 Å². The van der Waals surface area contributed by atoms with E-state index < -0.39 is 18.3 Å². The molecule has 0 aliphatic rings. The number of carbonyl (C=O) groups is 1. The predicted molar refractivity (Wildman–Crippen MR) is 116 cm³/mol. The van der Waals surface area contributed by atoms with Crippen LogP contribution in [-0.2, 0) is 11.3 Å². The molecule has 0 spiro atoms. The molecule has 0 fully saturated rings. The lowest BCUT2D eigenvalue weighted by molar-refractivity contribution is -0.0498. The van der Waals surface area contributed by atoms with Crippen LogP contribution in [0.15, 0.2) is 29.3 Å². The summed E-state index contributed by atoms with van der Waals surface area (Å²) in [5.41, 5.74) is 0.188. The van der Waals surface area contributed by atoms with Crippen LogP contribution in [0.5, 0.6) is 5.75 Å². The van der Waals surface area contributed by atoms with Crippen LogP contribution in [-0.4, -0.2) is 43.9 Å². The van der Waals surface area contributed by atoms with E-state index in [2.05, 4.69) is 25.7 Å². The standard InChI is InChI=1S/C18H28F2N4O3.HI/c1-5-21-16(22-9-10-23-17(25)27-18(2,3)4)24-12-13-7-6-8-14(11-13)26-15(19)20;/h6-8,11,15H,5,9-10,12H2,1-4H3,(H,23,25)(H2,21,22,24);1H. The van der Waals surface area contributed by atoms with Crippen LogP contribution >= 0.6 is 24.0 Å². The Morgan fingerprint density at radius 2 is 1.86 bits per heavy atom. The largest absolute Gasteiger partial charge is 0.444 e. The summed E-state index contributed by atoms with van der Waals surface area (Å²) in [7, 11) is 0. The Kier molecular flexibility index (Phi) is 12.5. The first-order valence-electron chi connectivity index (χ1n) is 8.72. The van der Waals surface area contributed by atoms with E-state index in [1.54, 1.807) is 32.9 Å². The van der Waals surface area contributed by atoms with Gasteiger partial charge in [-0.2, -0.15) is 8.78 Å². The second-order valence-electron chi connectivity index (χ2n) is 6.58. The molecule has 3 N–H and O–H groups in total. The summed E-state index contributed by atoms with van der Waals surface area (Å²) in [6.07, 6.45) is -0.484. The molecular weight excluding hydrogens is 485 g/mol. The monoisotopic (exact) mass is 514 g/mol. The van der Waals surface area contributed by atoms with Gasteiger partial charge >= 0.3 is 12.7 Å². The molecule has 1 amide bonds. The number of benzene rings is 1. The first-order valence-corrected chi connectivity index (χ1v) is 8.72. The fourth-order valence-electron chi connectivity index (χ4n) is 1.99. The topological polar surface area (TPSA) is 84.0 Å². The van der Waals surface area contributed by atoms with Crippen molar-refractivity contribution in [1.82, 2.24) is 16.0 Å². The van der Waals surface area contributed by atoms with Gasteiger partial charge in [0.05, 0.1) is 6.54 Å². The summed E-state index contributed by atoms with van der Waals surface area (Å²) in [5.74, 6) is 0.640. The molecule has 0 atom stereocenters. The van der Waals surface area contributed by atoms with Crippen LogP contribution < -0.4 is 20.7 Å². The minimum absolute atomic E-state index is 0. The van der Waals surface area contributed by atoms with Gasteiger partial charge in [-0.05, 0) is 45.4 Å². The maximum Gasteiger partial charge on any atom is 0.407 e. The highest BCUT2D eigenvalue weighted by atomic mass is 127. The van der Waals surface area contributed by atoms with E-state index in [0.717, 1.165) is 5.56 Å². The zero-order valence-electron chi connectivity index (χ0n) is 16.6. The first-order chi connectivity index (χ1) is 12.7. The Morgan fingerprint density at radius 1 is 1.18 bits per heavy atom. The molecule has 0 aliphatic heterocycles. The molecule has 0 aliphatic carbocycles. The Hall–Kier alpha value is -1.85. The fraction of sp³-hybridized carbons (Fsp3) is 0.556. The van der Waals surface area contributed by atoms with Crippen molar-refractivity contribution < 1.29 is 23.0 Å². The average molecular weight is 514 g/mol. The van der Waals surface area contributed by atoms with Crippen molar-refractivity contribution in [3.05, 3.63) is 29.8 Å². The maximum absolute atomic E-state index is 12.3. The third-order valence-corrected chi connectivity index (χ3v) is 2.97. The van der Waals surface area contributed by atoms with Crippen LogP contribution in [0.25, 0.3) is 0 Å². The van der Waals surface area contributed by atoms with E-state index >= 15 is 0 Å². The number of aliphatic imine (C=N–C) groups is 1. The van der Waals surface area contributed by atoms with Gasteiger partial charge in [0.2, 0.25) is 0 Å².